The van der Waals surface area contributed by atoms with Crippen molar-refractivity contribution in [2.45, 2.75) is 19.3 Å². The third-order valence-electron chi connectivity index (χ3n) is 2.18. The molecule has 1 heterocycles. The number of ether oxygens (including phenoxy) is 1. The van der Waals surface area contributed by atoms with Crippen molar-refractivity contribution in [1.29, 1.82) is 0 Å². The summed E-state index contributed by atoms with van der Waals surface area (Å²) in [6.07, 6.45) is -0.623. The van der Waals surface area contributed by atoms with E-state index in [1.807, 2.05) is 0 Å². The average Bonchev–Trinajstić information content (AvgIpc) is 2.17. The van der Waals surface area contributed by atoms with E-state index in [4.69, 9.17) is 4.74 Å². The summed E-state index contributed by atoms with van der Waals surface area (Å²) in [5, 5.41) is 0. The average molecular weight is 184 g/mol. The van der Waals surface area contributed by atoms with Gasteiger partial charge in [0.2, 0.25) is 0 Å². The number of fused-ring (bicyclic) bond motifs is 1. The Kier molecular flexibility index (Phi) is 2.17. The summed E-state index contributed by atoms with van der Waals surface area (Å²) >= 11 is 0. The molecule has 1 aromatic rings. The molecule has 0 amide bonds. The first-order valence-electron chi connectivity index (χ1n) is 4.31. The smallest absolute Gasteiger partial charge is 0.263 e. The molecule has 1 nitrogen and oxygen atoms in total. The van der Waals surface area contributed by atoms with Gasteiger partial charge in [-0.1, -0.05) is 0 Å². The van der Waals surface area contributed by atoms with Crippen LogP contribution in [0.2, 0.25) is 0 Å². The molecule has 0 aromatic heterocycles. The maximum Gasteiger partial charge on any atom is 0.263 e. The van der Waals surface area contributed by atoms with Gasteiger partial charge in [0.05, 0.1) is 6.61 Å². The van der Waals surface area contributed by atoms with Crippen molar-refractivity contribution in [2.75, 3.05) is 6.61 Å². The van der Waals surface area contributed by atoms with Gasteiger partial charge in [0.25, 0.3) is 6.43 Å². The van der Waals surface area contributed by atoms with Gasteiger partial charge in [-0.3, -0.25) is 0 Å². The fourth-order valence-electron chi connectivity index (χ4n) is 1.52. The Labute approximate surface area is 75.3 Å². The number of hydrogen-bond donors (Lipinski definition) is 0. The molecule has 13 heavy (non-hydrogen) atoms. The van der Waals surface area contributed by atoms with E-state index in [0.29, 0.717) is 6.61 Å². The van der Waals surface area contributed by atoms with Crippen LogP contribution in [0.3, 0.4) is 0 Å². The number of benzene rings is 1. The first-order chi connectivity index (χ1) is 6.27. The predicted molar refractivity (Wildman–Crippen MR) is 45.2 cm³/mol. The number of rotatable bonds is 1. The Morgan fingerprint density at radius 2 is 2.15 bits per heavy atom. The van der Waals surface area contributed by atoms with Crippen LogP contribution in [0.1, 0.15) is 24.0 Å². The predicted octanol–water partition coefficient (Wildman–Crippen LogP) is 2.95. The summed E-state index contributed by atoms with van der Waals surface area (Å²) in [7, 11) is 0. The molecular formula is C10H10F2O. The summed E-state index contributed by atoms with van der Waals surface area (Å²) in [5.74, 6) is 0.760. The summed E-state index contributed by atoms with van der Waals surface area (Å²) < 4.78 is 29.9. The number of alkyl halides is 2. The Hall–Kier alpha value is -1.12. The summed E-state index contributed by atoms with van der Waals surface area (Å²) in [5.41, 5.74) is 0.994. The highest BCUT2D eigenvalue weighted by Gasteiger charge is 2.13. The lowest BCUT2D eigenvalue weighted by molar-refractivity contribution is 0.151. The lowest BCUT2D eigenvalue weighted by atomic mass is 10.0. The van der Waals surface area contributed by atoms with Crippen molar-refractivity contribution in [2.24, 2.45) is 0 Å². The fourth-order valence-corrected chi connectivity index (χ4v) is 1.52. The number of aryl methyl sites for hydroxylation is 1. The second-order valence-electron chi connectivity index (χ2n) is 3.12. The molecule has 0 saturated carbocycles. The third kappa shape index (κ3) is 1.64. The molecule has 0 bridgehead atoms. The molecule has 0 N–H and O–H groups in total. The third-order valence-corrected chi connectivity index (χ3v) is 2.18. The van der Waals surface area contributed by atoms with E-state index in [2.05, 4.69) is 0 Å². The molecule has 0 atom stereocenters. The minimum absolute atomic E-state index is 0.0873. The van der Waals surface area contributed by atoms with Crippen molar-refractivity contribution in [3.63, 3.8) is 0 Å². The molecule has 3 heteroatoms. The van der Waals surface area contributed by atoms with Crippen LogP contribution in [0.4, 0.5) is 8.78 Å². The van der Waals surface area contributed by atoms with Crippen LogP contribution in [-0.4, -0.2) is 6.61 Å². The van der Waals surface area contributed by atoms with E-state index < -0.39 is 6.43 Å². The van der Waals surface area contributed by atoms with Crippen molar-refractivity contribution in [3.05, 3.63) is 29.3 Å². The summed E-state index contributed by atoms with van der Waals surface area (Å²) in [6.45, 7) is 0.695. The molecule has 0 spiro atoms. The lowest BCUT2D eigenvalue weighted by Crippen LogP contribution is -2.08. The highest BCUT2D eigenvalue weighted by Crippen LogP contribution is 2.29. The first kappa shape index (κ1) is 8.48. The van der Waals surface area contributed by atoms with Gasteiger partial charge in [-0.05, 0) is 36.6 Å². The SMILES string of the molecule is FC(F)c1ccc2c(c1)CCCO2. The second kappa shape index (κ2) is 3.32. The molecule has 1 aromatic carbocycles. The van der Waals surface area contributed by atoms with Crippen LogP contribution in [0.15, 0.2) is 18.2 Å². The maximum atomic E-state index is 12.3. The van der Waals surface area contributed by atoms with Crippen LogP contribution in [0, 0.1) is 0 Å². The van der Waals surface area contributed by atoms with Gasteiger partial charge in [0.1, 0.15) is 5.75 Å². The zero-order chi connectivity index (χ0) is 9.26. The van der Waals surface area contributed by atoms with Crippen LogP contribution in [0.5, 0.6) is 5.75 Å². The Morgan fingerprint density at radius 1 is 1.31 bits per heavy atom. The molecular weight excluding hydrogens is 174 g/mol. The van der Waals surface area contributed by atoms with Gasteiger partial charge < -0.3 is 4.74 Å². The lowest BCUT2D eigenvalue weighted by Gasteiger charge is -2.17. The van der Waals surface area contributed by atoms with Crippen LogP contribution >= 0.6 is 0 Å². The highest BCUT2D eigenvalue weighted by atomic mass is 19.3. The minimum Gasteiger partial charge on any atom is -0.493 e. The Balaban J connectivity index is 2.35. The number of halogens is 2. The van der Waals surface area contributed by atoms with Gasteiger partial charge >= 0.3 is 0 Å². The monoisotopic (exact) mass is 184 g/mol. The maximum absolute atomic E-state index is 12.3. The molecule has 0 saturated heterocycles. The normalized spacial score (nSPS) is 15.3. The molecule has 2 rings (SSSR count). The van der Waals surface area contributed by atoms with Crippen molar-refractivity contribution in [1.82, 2.24) is 0 Å². The standard InChI is InChI=1S/C10H10F2O/c11-10(12)8-3-4-9-7(6-8)2-1-5-13-9/h3-4,6,10H,1-2,5H2. The van der Waals surface area contributed by atoms with Crippen molar-refractivity contribution in [3.8, 4) is 5.75 Å². The molecule has 0 radical (unpaired) electrons. The van der Waals surface area contributed by atoms with Crippen LogP contribution in [-0.2, 0) is 6.42 Å². The molecule has 0 fully saturated rings. The van der Waals surface area contributed by atoms with E-state index in [0.717, 1.165) is 24.2 Å². The highest BCUT2D eigenvalue weighted by molar-refractivity contribution is 5.38. The van der Waals surface area contributed by atoms with E-state index in [1.54, 1.807) is 12.1 Å². The van der Waals surface area contributed by atoms with Gasteiger partial charge in [0.15, 0.2) is 0 Å². The summed E-state index contributed by atoms with van der Waals surface area (Å²) in [4.78, 5) is 0. The van der Waals surface area contributed by atoms with Gasteiger partial charge in [-0.15, -0.1) is 0 Å². The summed E-state index contributed by atoms with van der Waals surface area (Å²) in [6, 6.07) is 4.60. The van der Waals surface area contributed by atoms with Gasteiger partial charge in [-0.25, -0.2) is 8.78 Å². The Morgan fingerprint density at radius 3 is 2.92 bits per heavy atom. The largest absolute Gasteiger partial charge is 0.493 e. The number of hydrogen-bond acceptors (Lipinski definition) is 1. The minimum atomic E-state index is -2.38. The molecule has 1 aliphatic heterocycles. The zero-order valence-electron chi connectivity index (χ0n) is 7.09. The quantitative estimate of drug-likeness (QED) is 0.652. The second-order valence-corrected chi connectivity index (χ2v) is 3.12. The molecule has 0 aliphatic carbocycles. The van der Waals surface area contributed by atoms with E-state index in [9.17, 15) is 8.78 Å². The topological polar surface area (TPSA) is 9.23 Å². The van der Waals surface area contributed by atoms with Crippen LogP contribution < -0.4 is 4.74 Å². The van der Waals surface area contributed by atoms with Crippen LogP contribution in [0.25, 0.3) is 0 Å². The molecule has 70 valence electrons. The molecule has 0 unspecified atom stereocenters. The fraction of sp³-hybridized carbons (Fsp3) is 0.400. The van der Waals surface area contributed by atoms with Gasteiger partial charge in [-0.2, -0.15) is 0 Å². The van der Waals surface area contributed by atoms with Crippen molar-refractivity contribution < 1.29 is 13.5 Å². The zero-order valence-corrected chi connectivity index (χ0v) is 7.09. The van der Waals surface area contributed by atoms with E-state index in [-0.39, 0.29) is 5.56 Å². The Bertz CT molecular complexity index is 310. The van der Waals surface area contributed by atoms with E-state index >= 15 is 0 Å². The molecule has 1 aliphatic rings. The van der Waals surface area contributed by atoms with E-state index in [1.165, 1.54) is 6.07 Å². The van der Waals surface area contributed by atoms with Crippen molar-refractivity contribution >= 4 is 0 Å². The van der Waals surface area contributed by atoms with Gasteiger partial charge in [0, 0.05) is 5.56 Å². The first-order valence-corrected chi connectivity index (χ1v) is 4.31.